The first kappa shape index (κ1) is 29.6. The molecule has 3 aromatic heterocycles. The molecule has 3 amide bonds. The first-order valence-corrected chi connectivity index (χ1v) is 17.3. The van der Waals surface area contributed by atoms with E-state index >= 15 is 0 Å². The maximum absolute atomic E-state index is 12.2. The molecule has 242 valence electrons. The van der Waals surface area contributed by atoms with E-state index in [0.29, 0.717) is 30.5 Å². The van der Waals surface area contributed by atoms with E-state index in [1.807, 2.05) is 28.9 Å². The van der Waals surface area contributed by atoms with E-state index in [1.165, 1.54) is 5.69 Å². The molecule has 0 spiro atoms. The molecule has 47 heavy (non-hydrogen) atoms. The molecule has 1 aliphatic carbocycles. The van der Waals surface area contributed by atoms with Crippen LogP contribution in [0.15, 0.2) is 42.7 Å². The quantitative estimate of drug-likeness (QED) is 0.290. The molecule has 13 nitrogen and oxygen atoms in total. The van der Waals surface area contributed by atoms with Gasteiger partial charge in [0, 0.05) is 88.0 Å². The number of imide groups is 1. The lowest BCUT2D eigenvalue weighted by molar-refractivity contribution is -0.120. The van der Waals surface area contributed by atoms with Gasteiger partial charge >= 0.3 is 6.03 Å². The number of aromatic nitrogens is 4. The Morgan fingerprint density at radius 3 is 2.40 bits per heavy atom. The Kier molecular flexibility index (Phi) is 7.86. The number of carbonyl (C=O) groups excluding carboxylic acids is 2. The number of piperazine rings is 1. The SMILES string of the molecule is N#Cc1cnn2ccc(-c3nnc(N4CCN(CC5CCN(c6ccc(N7CCC(=O)NC7=O)cc6)CC5)CC4)s3)c2c1NC1CC1. The Morgan fingerprint density at radius 1 is 0.915 bits per heavy atom. The molecule has 6 heterocycles. The van der Waals surface area contributed by atoms with Crippen LogP contribution in [0, 0.1) is 17.2 Å². The smallest absolute Gasteiger partial charge is 0.328 e. The fraction of sp³-hybridized carbons (Fsp3) is 0.455. The third-order valence-electron chi connectivity index (χ3n) is 9.73. The molecule has 0 atom stereocenters. The van der Waals surface area contributed by atoms with Crippen LogP contribution in [0.2, 0.25) is 0 Å². The zero-order valence-corrected chi connectivity index (χ0v) is 27.0. The third-order valence-corrected chi connectivity index (χ3v) is 10.7. The zero-order valence-electron chi connectivity index (χ0n) is 26.1. The molecule has 0 radical (unpaired) electrons. The van der Waals surface area contributed by atoms with Crippen LogP contribution in [-0.4, -0.2) is 95.0 Å². The van der Waals surface area contributed by atoms with Crippen LogP contribution in [0.5, 0.6) is 0 Å². The minimum atomic E-state index is -0.349. The molecule has 0 bridgehead atoms. The number of benzene rings is 1. The molecule has 2 N–H and O–H groups in total. The molecule has 1 saturated carbocycles. The van der Waals surface area contributed by atoms with Crippen molar-refractivity contribution in [1.82, 2.24) is 30.0 Å². The topological polar surface area (TPSA) is 138 Å². The first-order valence-electron chi connectivity index (χ1n) is 16.5. The van der Waals surface area contributed by atoms with Gasteiger partial charge in [0.1, 0.15) is 6.07 Å². The van der Waals surface area contributed by atoms with Crippen molar-refractivity contribution in [3.05, 3.63) is 48.3 Å². The molecule has 4 fully saturated rings. The number of hydrogen-bond acceptors (Lipinski definition) is 11. The second kappa shape index (κ2) is 12.5. The summed E-state index contributed by atoms with van der Waals surface area (Å²) in [5.74, 6) is 0.458. The fourth-order valence-corrected chi connectivity index (χ4v) is 7.80. The van der Waals surface area contributed by atoms with Crippen molar-refractivity contribution >= 4 is 51.0 Å². The number of anilines is 4. The minimum absolute atomic E-state index is 0.216. The number of piperidine rings is 1. The maximum atomic E-state index is 12.2. The number of nitrogens with zero attached hydrogens (tertiary/aromatic N) is 9. The summed E-state index contributed by atoms with van der Waals surface area (Å²) in [5, 5.41) is 31.1. The standard InChI is InChI=1S/C33H37N11O2S/c34-19-23-20-35-44-14-9-27(30(44)29(23)36-24-1-2-24)31-38-39-33(47-31)42-17-15-40(16-18-42)21-22-7-11-41(12-8-22)25-3-5-26(6-4-25)43-13-10-28(45)37-32(43)46/h3-6,9,14,20,22,24,36H,1-2,7-8,10-13,15-18,21H2,(H,37,45,46). The van der Waals surface area contributed by atoms with Gasteiger partial charge in [-0.05, 0) is 61.9 Å². The number of nitrogens with one attached hydrogen (secondary N) is 2. The van der Waals surface area contributed by atoms with Crippen LogP contribution in [0.25, 0.3) is 16.1 Å². The second-order valence-corrected chi connectivity index (χ2v) is 13.8. The molecule has 4 aliphatic rings. The van der Waals surface area contributed by atoms with Gasteiger partial charge < -0.3 is 15.1 Å². The molecule has 8 rings (SSSR count). The van der Waals surface area contributed by atoms with Crippen LogP contribution in [0.1, 0.15) is 37.7 Å². The zero-order chi connectivity index (χ0) is 31.9. The Bertz CT molecular complexity index is 1830. The van der Waals surface area contributed by atoms with Gasteiger partial charge in [-0.2, -0.15) is 10.4 Å². The molecule has 3 aliphatic heterocycles. The van der Waals surface area contributed by atoms with Crippen molar-refractivity contribution in [3.63, 3.8) is 0 Å². The lowest BCUT2D eigenvalue weighted by Gasteiger charge is -2.39. The molecular formula is C33H37N11O2S. The van der Waals surface area contributed by atoms with Gasteiger partial charge in [0.25, 0.3) is 0 Å². The van der Waals surface area contributed by atoms with Crippen molar-refractivity contribution < 1.29 is 9.59 Å². The van der Waals surface area contributed by atoms with Crippen LogP contribution in [0.4, 0.5) is 27.0 Å². The highest BCUT2D eigenvalue weighted by Crippen LogP contribution is 2.38. The van der Waals surface area contributed by atoms with Gasteiger partial charge in [-0.15, -0.1) is 10.2 Å². The first-order chi connectivity index (χ1) is 23.0. The summed E-state index contributed by atoms with van der Waals surface area (Å²) in [6.07, 6.45) is 8.42. The number of amides is 3. The average molecular weight is 652 g/mol. The molecule has 0 unspecified atom stereocenters. The van der Waals surface area contributed by atoms with E-state index in [9.17, 15) is 14.9 Å². The monoisotopic (exact) mass is 651 g/mol. The van der Waals surface area contributed by atoms with E-state index < -0.39 is 0 Å². The summed E-state index contributed by atoms with van der Waals surface area (Å²) in [5.41, 5.74) is 5.22. The number of nitriles is 1. The van der Waals surface area contributed by atoms with Crippen LogP contribution >= 0.6 is 11.3 Å². The van der Waals surface area contributed by atoms with Gasteiger partial charge in [0.15, 0.2) is 5.01 Å². The molecule has 14 heteroatoms. The second-order valence-electron chi connectivity index (χ2n) is 12.9. The number of hydrogen-bond donors (Lipinski definition) is 2. The van der Waals surface area contributed by atoms with Gasteiger partial charge in [-0.1, -0.05) is 11.3 Å². The largest absolute Gasteiger partial charge is 0.379 e. The summed E-state index contributed by atoms with van der Waals surface area (Å²) in [7, 11) is 0. The number of fused-ring (bicyclic) bond motifs is 1. The van der Waals surface area contributed by atoms with E-state index in [-0.39, 0.29) is 11.9 Å². The normalized spacial score (nSPS) is 19.7. The third kappa shape index (κ3) is 6.08. The van der Waals surface area contributed by atoms with Crippen LogP contribution in [-0.2, 0) is 4.79 Å². The number of urea groups is 1. The summed E-state index contributed by atoms with van der Waals surface area (Å²) in [4.78, 5) is 32.6. The molecule has 1 aromatic carbocycles. The predicted octanol–water partition coefficient (Wildman–Crippen LogP) is 3.78. The van der Waals surface area contributed by atoms with Gasteiger partial charge in [0.2, 0.25) is 11.0 Å². The van der Waals surface area contributed by atoms with E-state index in [1.54, 1.807) is 22.4 Å². The lowest BCUT2D eigenvalue weighted by Crippen LogP contribution is -2.49. The van der Waals surface area contributed by atoms with E-state index in [0.717, 1.165) is 104 Å². The van der Waals surface area contributed by atoms with Crippen LogP contribution < -0.4 is 25.3 Å². The average Bonchev–Trinajstić information content (AvgIpc) is 3.59. The predicted molar refractivity (Wildman–Crippen MR) is 181 cm³/mol. The number of carbonyl (C=O) groups is 2. The Balaban J connectivity index is 0.839. The maximum Gasteiger partial charge on any atom is 0.328 e. The van der Waals surface area contributed by atoms with Gasteiger partial charge in [0.05, 0.1) is 23.0 Å². The van der Waals surface area contributed by atoms with Gasteiger partial charge in [-0.25, -0.2) is 9.31 Å². The highest BCUT2D eigenvalue weighted by molar-refractivity contribution is 7.18. The fourth-order valence-electron chi connectivity index (χ4n) is 6.88. The van der Waals surface area contributed by atoms with Crippen molar-refractivity contribution in [1.29, 1.82) is 5.26 Å². The van der Waals surface area contributed by atoms with Crippen molar-refractivity contribution in [2.75, 3.05) is 72.4 Å². The van der Waals surface area contributed by atoms with Crippen LogP contribution in [0.3, 0.4) is 0 Å². The Morgan fingerprint density at radius 2 is 1.68 bits per heavy atom. The lowest BCUT2D eigenvalue weighted by atomic mass is 9.95. The highest BCUT2D eigenvalue weighted by Gasteiger charge is 2.29. The number of rotatable bonds is 8. The highest BCUT2D eigenvalue weighted by atomic mass is 32.1. The van der Waals surface area contributed by atoms with E-state index in [2.05, 4.69) is 58.8 Å². The summed E-state index contributed by atoms with van der Waals surface area (Å²) < 4.78 is 1.82. The van der Waals surface area contributed by atoms with Crippen molar-refractivity contribution in [2.45, 2.75) is 38.1 Å². The van der Waals surface area contributed by atoms with Crippen molar-refractivity contribution in [2.24, 2.45) is 5.92 Å². The molecular weight excluding hydrogens is 615 g/mol. The van der Waals surface area contributed by atoms with Crippen molar-refractivity contribution in [3.8, 4) is 16.6 Å². The molecule has 3 saturated heterocycles. The molecule has 4 aromatic rings. The summed E-state index contributed by atoms with van der Waals surface area (Å²) in [6, 6.07) is 12.5. The summed E-state index contributed by atoms with van der Waals surface area (Å²) in [6.45, 7) is 7.44. The van der Waals surface area contributed by atoms with E-state index in [4.69, 9.17) is 0 Å². The Labute approximate surface area is 276 Å². The minimum Gasteiger partial charge on any atom is -0.379 e. The Hall–Kier alpha value is -4.74. The van der Waals surface area contributed by atoms with Gasteiger partial charge in [-0.3, -0.25) is 19.9 Å². The summed E-state index contributed by atoms with van der Waals surface area (Å²) >= 11 is 1.60.